The monoisotopic (exact) mass is 584 g/mol. The van der Waals surface area contributed by atoms with Crippen LogP contribution in [-0.4, -0.2) is 43.9 Å². The Hall–Kier alpha value is -3.04. The minimum Gasteiger partial charge on any atom is -0.490 e. The van der Waals surface area contributed by atoms with Gasteiger partial charge < -0.3 is 14.6 Å². The van der Waals surface area contributed by atoms with Gasteiger partial charge in [0.2, 0.25) is 0 Å². The number of ether oxygens (including phenoxy) is 2. The second-order valence-corrected chi connectivity index (χ2v) is 14.0. The van der Waals surface area contributed by atoms with Gasteiger partial charge in [-0.2, -0.15) is 0 Å². The molecule has 1 aliphatic carbocycles. The van der Waals surface area contributed by atoms with E-state index in [9.17, 15) is 18.3 Å². The standard InChI is InChI=1S/C31H33FO6S2/c1-18-14-27(37-12-5-13-40(3,35)36)31(32)19(2)30(18)25-7-4-6-24-23(25)10-11-26(24)38-21-8-9-22-20(15-29(33)34)17-39-28(22)16-21/h4,6-9,14,16,20,26H,5,10-13,15,17H2,1-3H3,(H,33,34)/t20-,26?/m1/s1. The van der Waals surface area contributed by atoms with E-state index in [2.05, 4.69) is 6.07 Å². The number of aliphatic carboxylic acids is 1. The van der Waals surface area contributed by atoms with Crippen molar-refractivity contribution in [1.82, 2.24) is 0 Å². The summed E-state index contributed by atoms with van der Waals surface area (Å²) in [5, 5.41) is 9.19. The van der Waals surface area contributed by atoms with Crippen LogP contribution in [0.1, 0.15) is 59.1 Å². The number of fused-ring (bicyclic) bond motifs is 2. The van der Waals surface area contributed by atoms with Crippen molar-refractivity contribution in [3.05, 3.63) is 76.1 Å². The van der Waals surface area contributed by atoms with Crippen LogP contribution in [0.3, 0.4) is 0 Å². The molecule has 0 aromatic heterocycles. The number of carboxylic acid groups (broad SMARTS) is 1. The highest BCUT2D eigenvalue weighted by molar-refractivity contribution is 7.99. The molecule has 1 aliphatic heterocycles. The first kappa shape index (κ1) is 28.5. The quantitative estimate of drug-likeness (QED) is 0.267. The summed E-state index contributed by atoms with van der Waals surface area (Å²) in [5.74, 6) is 0.481. The molecule has 0 saturated carbocycles. The van der Waals surface area contributed by atoms with Crippen molar-refractivity contribution < 1.29 is 32.2 Å². The Labute approximate surface area is 238 Å². The van der Waals surface area contributed by atoms with Gasteiger partial charge in [-0.15, -0.1) is 11.8 Å². The number of halogens is 1. The molecule has 1 heterocycles. The molecule has 0 saturated heterocycles. The van der Waals surface area contributed by atoms with Crippen LogP contribution in [-0.2, 0) is 21.1 Å². The number of carboxylic acids is 1. The maximum atomic E-state index is 15.4. The van der Waals surface area contributed by atoms with Gasteiger partial charge in [0.05, 0.1) is 18.8 Å². The summed E-state index contributed by atoms with van der Waals surface area (Å²) < 4.78 is 50.2. The predicted octanol–water partition coefficient (Wildman–Crippen LogP) is 6.65. The van der Waals surface area contributed by atoms with Crippen molar-refractivity contribution in [3.63, 3.8) is 0 Å². The molecule has 1 N–H and O–H groups in total. The molecule has 1 unspecified atom stereocenters. The van der Waals surface area contributed by atoms with Gasteiger partial charge >= 0.3 is 5.97 Å². The van der Waals surface area contributed by atoms with Gasteiger partial charge in [0, 0.05) is 22.8 Å². The lowest BCUT2D eigenvalue weighted by Crippen LogP contribution is -2.09. The highest BCUT2D eigenvalue weighted by atomic mass is 32.2. The third-order valence-electron chi connectivity index (χ3n) is 7.63. The second kappa shape index (κ2) is 11.4. The van der Waals surface area contributed by atoms with E-state index in [1.165, 1.54) is 6.26 Å². The smallest absolute Gasteiger partial charge is 0.303 e. The Morgan fingerprint density at radius 2 is 1.95 bits per heavy atom. The van der Waals surface area contributed by atoms with E-state index in [-0.39, 0.29) is 36.6 Å². The van der Waals surface area contributed by atoms with Crippen molar-refractivity contribution >= 4 is 27.6 Å². The third-order valence-corrected chi connectivity index (χ3v) is 9.89. The Morgan fingerprint density at radius 3 is 2.70 bits per heavy atom. The fraction of sp³-hybridized carbons (Fsp3) is 0.387. The van der Waals surface area contributed by atoms with Crippen molar-refractivity contribution in [3.8, 4) is 22.6 Å². The summed E-state index contributed by atoms with van der Waals surface area (Å²) in [6, 6.07) is 13.7. The van der Waals surface area contributed by atoms with E-state index in [0.717, 1.165) is 62.6 Å². The summed E-state index contributed by atoms with van der Waals surface area (Å²) >= 11 is 1.67. The van der Waals surface area contributed by atoms with Crippen molar-refractivity contribution in [2.75, 3.05) is 24.4 Å². The van der Waals surface area contributed by atoms with Crippen LogP contribution in [0.5, 0.6) is 11.5 Å². The second-order valence-electron chi connectivity index (χ2n) is 10.7. The zero-order valence-corrected chi connectivity index (χ0v) is 24.5. The zero-order chi connectivity index (χ0) is 28.6. The van der Waals surface area contributed by atoms with Gasteiger partial charge in [0.25, 0.3) is 0 Å². The molecule has 5 rings (SSSR count). The van der Waals surface area contributed by atoms with Crippen LogP contribution in [0.25, 0.3) is 11.1 Å². The molecule has 0 radical (unpaired) electrons. The number of benzene rings is 3. The van der Waals surface area contributed by atoms with Gasteiger partial charge in [0.15, 0.2) is 11.6 Å². The van der Waals surface area contributed by atoms with E-state index in [0.29, 0.717) is 12.0 Å². The topological polar surface area (TPSA) is 89.9 Å². The van der Waals surface area contributed by atoms with Crippen LogP contribution in [0, 0.1) is 19.7 Å². The van der Waals surface area contributed by atoms with Crippen molar-refractivity contribution in [2.45, 2.75) is 56.4 Å². The van der Waals surface area contributed by atoms with Gasteiger partial charge in [-0.3, -0.25) is 4.79 Å². The summed E-state index contributed by atoms with van der Waals surface area (Å²) in [7, 11) is -3.09. The van der Waals surface area contributed by atoms with Crippen molar-refractivity contribution in [2.24, 2.45) is 0 Å². The Morgan fingerprint density at radius 1 is 1.15 bits per heavy atom. The molecule has 3 aromatic rings. The van der Waals surface area contributed by atoms with Crippen LogP contribution in [0.4, 0.5) is 4.39 Å². The molecule has 0 fully saturated rings. The first-order valence-electron chi connectivity index (χ1n) is 13.4. The highest BCUT2D eigenvalue weighted by Gasteiger charge is 2.30. The summed E-state index contributed by atoms with van der Waals surface area (Å²) in [6.45, 7) is 3.82. The van der Waals surface area contributed by atoms with Gasteiger partial charge in [-0.25, -0.2) is 12.8 Å². The molecule has 2 aliphatic rings. The fourth-order valence-corrected chi connectivity index (χ4v) is 7.71. The lowest BCUT2D eigenvalue weighted by Gasteiger charge is -2.19. The first-order chi connectivity index (χ1) is 19.0. The van der Waals surface area contributed by atoms with E-state index >= 15 is 4.39 Å². The molecular weight excluding hydrogens is 551 g/mol. The molecule has 0 bridgehead atoms. The van der Waals surface area contributed by atoms with Crippen LogP contribution in [0.15, 0.2) is 47.4 Å². The Bertz CT molecular complexity index is 1570. The molecule has 0 spiro atoms. The minimum absolute atomic E-state index is 0.000405. The maximum Gasteiger partial charge on any atom is 0.303 e. The molecule has 0 amide bonds. The minimum atomic E-state index is -3.09. The Kier molecular flexibility index (Phi) is 8.15. The molecule has 40 heavy (non-hydrogen) atoms. The average Bonchev–Trinajstić information content (AvgIpc) is 3.48. The number of aryl methyl sites for hydroxylation is 1. The first-order valence-corrected chi connectivity index (χ1v) is 16.4. The van der Waals surface area contributed by atoms with Gasteiger partial charge in [0.1, 0.15) is 21.7 Å². The summed E-state index contributed by atoms with van der Waals surface area (Å²) in [5.41, 5.74) is 6.54. The van der Waals surface area contributed by atoms with Crippen molar-refractivity contribution in [1.29, 1.82) is 0 Å². The summed E-state index contributed by atoms with van der Waals surface area (Å²) in [6.07, 6.45) is 3.10. The number of hydrogen-bond donors (Lipinski definition) is 1. The number of carbonyl (C=O) groups is 1. The zero-order valence-electron chi connectivity index (χ0n) is 22.8. The number of thioether (sulfide) groups is 1. The lowest BCUT2D eigenvalue weighted by atomic mass is 9.90. The largest absolute Gasteiger partial charge is 0.490 e. The average molecular weight is 585 g/mol. The van der Waals surface area contributed by atoms with E-state index in [1.54, 1.807) is 24.8 Å². The van der Waals surface area contributed by atoms with E-state index in [4.69, 9.17) is 9.47 Å². The highest BCUT2D eigenvalue weighted by Crippen LogP contribution is 2.46. The van der Waals surface area contributed by atoms with E-state index in [1.807, 2.05) is 37.3 Å². The molecular formula is C31H33FO6S2. The van der Waals surface area contributed by atoms with Crippen LogP contribution < -0.4 is 9.47 Å². The molecule has 6 nitrogen and oxygen atoms in total. The third kappa shape index (κ3) is 6.00. The summed E-state index contributed by atoms with van der Waals surface area (Å²) in [4.78, 5) is 12.3. The number of rotatable bonds is 10. The predicted molar refractivity (Wildman–Crippen MR) is 155 cm³/mol. The van der Waals surface area contributed by atoms with Crippen LogP contribution >= 0.6 is 11.8 Å². The Balaban J connectivity index is 1.36. The SMILES string of the molecule is Cc1cc(OCCCS(C)(=O)=O)c(F)c(C)c1-c1cccc2c1CCC2Oc1ccc2c(c1)SC[C@H]2CC(=O)O. The lowest BCUT2D eigenvalue weighted by molar-refractivity contribution is -0.137. The maximum absolute atomic E-state index is 15.4. The van der Waals surface area contributed by atoms with Gasteiger partial charge in [-0.1, -0.05) is 24.3 Å². The number of sulfone groups is 1. The molecule has 2 atom stereocenters. The van der Waals surface area contributed by atoms with E-state index < -0.39 is 21.6 Å². The fourth-order valence-electron chi connectivity index (χ4n) is 5.79. The molecule has 9 heteroatoms. The normalized spacial score (nSPS) is 17.9. The van der Waals surface area contributed by atoms with Crippen LogP contribution in [0.2, 0.25) is 0 Å². The molecule has 212 valence electrons. The molecule has 3 aromatic carbocycles. The number of hydrogen-bond acceptors (Lipinski definition) is 6. The van der Waals surface area contributed by atoms with Gasteiger partial charge in [-0.05, 0) is 90.3 Å².